The molecule has 1 saturated heterocycles. The molecule has 0 saturated carbocycles. The maximum atomic E-state index is 12.3. The van der Waals surface area contributed by atoms with E-state index in [1.165, 1.54) is 11.2 Å². The molecule has 3 amide bonds. The number of carbonyl (C=O) groups excluding carboxylic acids is 3. The van der Waals surface area contributed by atoms with E-state index < -0.39 is 6.04 Å². The monoisotopic (exact) mass is 321 g/mol. The van der Waals surface area contributed by atoms with Crippen LogP contribution in [0.5, 0.6) is 0 Å². The van der Waals surface area contributed by atoms with Crippen molar-refractivity contribution in [2.75, 3.05) is 20.1 Å². The first-order valence-corrected chi connectivity index (χ1v) is 7.94. The molecule has 0 aromatic carbocycles. The Bertz CT molecular complexity index is 582. The average Bonchev–Trinajstić information content (AvgIpc) is 3.21. The minimum absolute atomic E-state index is 0.122. The molecule has 1 aliphatic heterocycles. The summed E-state index contributed by atoms with van der Waals surface area (Å²) >= 11 is 0. The van der Waals surface area contributed by atoms with Crippen LogP contribution >= 0.6 is 0 Å². The highest BCUT2D eigenvalue weighted by molar-refractivity contribution is 5.97. The highest BCUT2D eigenvalue weighted by Gasteiger charge is 2.33. The summed E-state index contributed by atoms with van der Waals surface area (Å²) < 4.78 is 5.29. The highest BCUT2D eigenvalue weighted by atomic mass is 16.3. The lowest BCUT2D eigenvalue weighted by Crippen LogP contribution is -2.48. The third kappa shape index (κ3) is 3.91. The number of hydrogen-bond donors (Lipinski definition) is 2. The van der Waals surface area contributed by atoms with Crippen molar-refractivity contribution in [3.63, 3.8) is 0 Å². The Morgan fingerprint density at radius 2 is 2.17 bits per heavy atom. The Labute approximate surface area is 135 Å². The predicted octanol–water partition coefficient (Wildman–Crippen LogP) is 0.699. The Morgan fingerprint density at radius 3 is 2.87 bits per heavy atom. The van der Waals surface area contributed by atoms with Gasteiger partial charge >= 0.3 is 0 Å². The molecule has 2 rings (SSSR count). The number of rotatable bonds is 6. The first-order chi connectivity index (χ1) is 11.1. The van der Waals surface area contributed by atoms with Crippen LogP contribution in [0.3, 0.4) is 0 Å². The number of nitrogens with zero attached hydrogens (tertiary/aromatic N) is 1. The first-order valence-electron chi connectivity index (χ1n) is 7.94. The molecule has 2 N–H and O–H groups in total. The fourth-order valence-corrected chi connectivity index (χ4v) is 2.82. The van der Waals surface area contributed by atoms with Crippen LogP contribution in [0.4, 0.5) is 0 Å². The molecule has 1 atom stereocenters. The van der Waals surface area contributed by atoms with Crippen LogP contribution in [-0.4, -0.2) is 48.8 Å². The van der Waals surface area contributed by atoms with Gasteiger partial charge < -0.3 is 20.0 Å². The summed E-state index contributed by atoms with van der Waals surface area (Å²) in [5.41, 5.74) is 0.462. The molecule has 0 aliphatic carbocycles. The van der Waals surface area contributed by atoms with Gasteiger partial charge in [-0.25, -0.2) is 0 Å². The number of likely N-dealkylation sites (N-methyl/N-ethyl adjacent to an activating group) is 1. The topological polar surface area (TPSA) is 91.7 Å². The molecule has 1 aromatic heterocycles. The molecule has 126 valence electrons. The van der Waals surface area contributed by atoms with E-state index in [4.69, 9.17) is 4.42 Å². The zero-order valence-corrected chi connectivity index (χ0v) is 13.6. The predicted molar refractivity (Wildman–Crippen MR) is 83.8 cm³/mol. The second-order valence-corrected chi connectivity index (χ2v) is 5.55. The van der Waals surface area contributed by atoms with Crippen LogP contribution in [0.2, 0.25) is 0 Å². The SMILES string of the molecule is CCCc1occc1C(=O)NCC(=O)N1CCCC1C(=O)NC. The van der Waals surface area contributed by atoms with Crippen LogP contribution in [0.25, 0.3) is 0 Å². The maximum Gasteiger partial charge on any atom is 0.255 e. The molecule has 7 heteroatoms. The Kier molecular flexibility index (Phi) is 5.78. The van der Waals surface area contributed by atoms with Crippen molar-refractivity contribution in [3.8, 4) is 0 Å². The lowest BCUT2D eigenvalue weighted by Gasteiger charge is -2.23. The zero-order valence-electron chi connectivity index (χ0n) is 13.6. The Morgan fingerprint density at radius 1 is 1.39 bits per heavy atom. The lowest BCUT2D eigenvalue weighted by atomic mass is 10.1. The highest BCUT2D eigenvalue weighted by Crippen LogP contribution is 2.17. The fourth-order valence-electron chi connectivity index (χ4n) is 2.82. The minimum atomic E-state index is -0.436. The summed E-state index contributed by atoms with van der Waals surface area (Å²) in [7, 11) is 1.55. The van der Waals surface area contributed by atoms with Gasteiger partial charge in [0.25, 0.3) is 5.91 Å². The van der Waals surface area contributed by atoms with E-state index in [0.29, 0.717) is 30.7 Å². The third-order valence-electron chi connectivity index (χ3n) is 3.99. The van der Waals surface area contributed by atoms with Gasteiger partial charge in [-0.15, -0.1) is 0 Å². The van der Waals surface area contributed by atoms with Crippen molar-refractivity contribution in [3.05, 3.63) is 23.7 Å². The molecule has 0 radical (unpaired) electrons. The summed E-state index contributed by atoms with van der Waals surface area (Å²) in [6.07, 6.45) is 4.47. The molecule has 1 unspecified atom stereocenters. The van der Waals surface area contributed by atoms with Crippen molar-refractivity contribution in [2.45, 2.75) is 38.6 Å². The van der Waals surface area contributed by atoms with Crippen LogP contribution in [-0.2, 0) is 16.0 Å². The van der Waals surface area contributed by atoms with Crippen LogP contribution in [0, 0.1) is 0 Å². The molecule has 0 bridgehead atoms. The number of aryl methyl sites for hydroxylation is 1. The van der Waals surface area contributed by atoms with Gasteiger partial charge in [0.2, 0.25) is 11.8 Å². The van der Waals surface area contributed by atoms with Crippen molar-refractivity contribution in [1.82, 2.24) is 15.5 Å². The van der Waals surface area contributed by atoms with E-state index in [1.54, 1.807) is 13.1 Å². The Balaban J connectivity index is 1.92. The van der Waals surface area contributed by atoms with E-state index in [1.807, 2.05) is 6.92 Å². The summed E-state index contributed by atoms with van der Waals surface area (Å²) in [5, 5.41) is 5.18. The van der Waals surface area contributed by atoms with E-state index in [9.17, 15) is 14.4 Å². The molecule has 1 fully saturated rings. The van der Waals surface area contributed by atoms with E-state index >= 15 is 0 Å². The lowest BCUT2D eigenvalue weighted by molar-refractivity contribution is -0.137. The normalized spacial score (nSPS) is 17.1. The van der Waals surface area contributed by atoms with Crippen LogP contribution in [0.1, 0.15) is 42.3 Å². The summed E-state index contributed by atoms with van der Waals surface area (Å²) in [6, 6.07) is 1.17. The van der Waals surface area contributed by atoms with Crippen molar-refractivity contribution >= 4 is 17.7 Å². The molecular weight excluding hydrogens is 298 g/mol. The molecule has 7 nitrogen and oxygen atoms in total. The smallest absolute Gasteiger partial charge is 0.255 e. The standard InChI is InChI=1S/C16H23N3O4/c1-3-5-13-11(7-9-23-13)15(21)18-10-14(20)19-8-4-6-12(19)16(22)17-2/h7,9,12H,3-6,8,10H2,1-2H3,(H,17,22)(H,18,21). The van der Waals surface area contributed by atoms with Gasteiger partial charge in [0.05, 0.1) is 18.4 Å². The number of amides is 3. The van der Waals surface area contributed by atoms with Gasteiger partial charge in [-0.3, -0.25) is 14.4 Å². The second-order valence-electron chi connectivity index (χ2n) is 5.55. The van der Waals surface area contributed by atoms with Gasteiger partial charge in [0.1, 0.15) is 11.8 Å². The van der Waals surface area contributed by atoms with Gasteiger partial charge in [-0.05, 0) is 25.3 Å². The van der Waals surface area contributed by atoms with E-state index in [0.717, 1.165) is 12.8 Å². The number of hydrogen-bond acceptors (Lipinski definition) is 4. The number of likely N-dealkylation sites (tertiary alicyclic amines) is 1. The van der Waals surface area contributed by atoms with E-state index in [2.05, 4.69) is 10.6 Å². The quantitative estimate of drug-likeness (QED) is 0.807. The largest absolute Gasteiger partial charge is 0.469 e. The number of furan rings is 1. The summed E-state index contributed by atoms with van der Waals surface area (Å²) in [4.78, 5) is 37.7. The molecule has 23 heavy (non-hydrogen) atoms. The van der Waals surface area contributed by atoms with E-state index in [-0.39, 0.29) is 24.3 Å². The molecule has 2 heterocycles. The average molecular weight is 321 g/mol. The molecular formula is C16H23N3O4. The minimum Gasteiger partial charge on any atom is -0.469 e. The number of carbonyl (C=O) groups is 3. The first kappa shape index (κ1) is 17.1. The van der Waals surface area contributed by atoms with Gasteiger partial charge in [0, 0.05) is 20.0 Å². The van der Waals surface area contributed by atoms with Gasteiger partial charge in [-0.2, -0.15) is 0 Å². The number of nitrogens with one attached hydrogen (secondary N) is 2. The summed E-state index contributed by atoms with van der Waals surface area (Å²) in [6.45, 7) is 2.42. The van der Waals surface area contributed by atoms with Crippen molar-refractivity contribution in [2.24, 2.45) is 0 Å². The molecule has 1 aromatic rings. The maximum absolute atomic E-state index is 12.3. The molecule has 1 aliphatic rings. The van der Waals surface area contributed by atoms with Gasteiger partial charge in [-0.1, -0.05) is 6.92 Å². The Hall–Kier alpha value is -2.31. The zero-order chi connectivity index (χ0) is 16.8. The van der Waals surface area contributed by atoms with Gasteiger partial charge in [0.15, 0.2) is 0 Å². The van der Waals surface area contributed by atoms with Crippen LogP contribution < -0.4 is 10.6 Å². The fraction of sp³-hybridized carbons (Fsp3) is 0.562. The molecule has 0 spiro atoms. The summed E-state index contributed by atoms with van der Waals surface area (Å²) in [5.74, 6) is -0.111. The van der Waals surface area contributed by atoms with Crippen molar-refractivity contribution < 1.29 is 18.8 Å². The van der Waals surface area contributed by atoms with Crippen molar-refractivity contribution in [1.29, 1.82) is 0 Å². The van der Waals surface area contributed by atoms with Crippen LogP contribution in [0.15, 0.2) is 16.7 Å². The second kappa shape index (κ2) is 7.80. The third-order valence-corrected chi connectivity index (χ3v) is 3.99.